The van der Waals surface area contributed by atoms with Crippen LogP contribution in [0.1, 0.15) is 120 Å². The van der Waals surface area contributed by atoms with Crippen LogP contribution >= 0.6 is 16.4 Å². The molecule has 0 aromatic carbocycles. The van der Waals surface area contributed by atoms with E-state index in [1.54, 1.807) is 38.1 Å². The molecule has 0 aliphatic carbocycles. The predicted molar refractivity (Wildman–Crippen MR) is 135 cm³/mol. The highest BCUT2D eigenvalue weighted by atomic mass is 31.1. The molecule has 2 aliphatic rings. The lowest BCUT2D eigenvalue weighted by Crippen LogP contribution is -2.29. The Kier molecular flexibility index (Phi) is 8.80. The Morgan fingerprint density at radius 2 is 0.857 bits per heavy atom. The summed E-state index contributed by atoms with van der Waals surface area (Å²) in [6, 6.07) is 0. The summed E-state index contributed by atoms with van der Waals surface area (Å²) in [6.45, 7) is 19.2. The van der Waals surface area contributed by atoms with Crippen molar-refractivity contribution in [2.75, 3.05) is 0 Å². The summed E-state index contributed by atoms with van der Waals surface area (Å²) in [5, 5.41) is 4.33. The highest BCUT2D eigenvalue weighted by molar-refractivity contribution is 7.44. The highest BCUT2D eigenvalue weighted by Gasteiger charge is 2.43. The largest absolute Gasteiger partial charge is 0.0893 e. The van der Waals surface area contributed by atoms with E-state index in [4.69, 9.17) is 0 Å². The number of rotatable bonds is 11. The molecule has 0 amide bonds. The minimum Gasteiger partial charge on any atom is -0.0893 e. The van der Waals surface area contributed by atoms with Crippen molar-refractivity contribution in [3.8, 4) is 0 Å². The first-order valence-corrected chi connectivity index (χ1v) is 13.9. The summed E-state index contributed by atoms with van der Waals surface area (Å²) >= 11 is 0. The third-order valence-corrected chi connectivity index (χ3v) is 11.6. The molecule has 2 unspecified atom stereocenters. The van der Waals surface area contributed by atoms with E-state index >= 15 is 0 Å². The summed E-state index contributed by atoms with van der Waals surface area (Å²) in [4.78, 5) is 0. The SMILES string of the molecule is CCC1=PC(CC)(CCC2(CC)P=C(CC)C(CC)=C2CC)C(CC)=C1CC. The topological polar surface area (TPSA) is 0 Å². The normalized spacial score (nSPS) is 28.9. The fourth-order valence-electron chi connectivity index (χ4n) is 5.97. The fraction of sp³-hybridized carbons (Fsp3) is 0.769. The molecule has 0 fully saturated rings. The molecule has 0 bridgehead atoms. The van der Waals surface area contributed by atoms with Crippen LogP contribution in [0.25, 0.3) is 0 Å². The lowest BCUT2D eigenvalue weighted by molar-refractivity contribution is 0.482. The van der Waals surface area contributed by atoms with E-state index in [2.05, 4.69) is 55.4 Å². The van der Waals surface area contributed by atoms with Gasteiger partial charge in [0.25, 0.3) is 0 Å². The summed E-state index contributed by atoms with van der Waals surface area (Å²) in [5.74, 6) is 0. The van der Waals surface area contributed by atoms with Gasteiger partial charge in [-0.1, -0.05) is 82.9 Å². The van der Waals surface area contributed by atoms with Gasteiger partial charge in [0.15, 0.2) is 0 Å². The van der Waals surface area contributed by atoms with Gasteiger partial charge in [0.2, 0.25) is 0 Å². The van der Waals surface area contributed by atoms with E-state index in [-0.39, 0.29) is 0 Å². The van der Waals surface area contributed by atoms with Crippen LogP contribution < -0.4 is 0 Å². The second-order valence-electron chi connectivity index (χ2n) is 8.42. The number of allylic oxidation sites excluding steroid dienone is 4. The van der Waals surface area contributed by atoms with Gasteiger partial charge in [-0.3, -0.25) is 0 Å². The molecule has 2 heterocycles. The van der Waals surface area contributed by atoms with Gasteiger partial charge in [-0.2, -0.15) is 0 Å². The third kappa shape index (κ3) is 4.03. The van der Waals surface area contributed by atoms with Crippen molar-refractivity contribution >= 4 is 27.0 Å². The Morgan fingerprint density at radius 3 is 1.07 bits per heavy atom. The second kappa shape index (κ2) is 10.2. The molecule has 0 aromatic heterocycles. The molecular formula is C26H44P2. The zero-order valence-electron chi connectivity index (χ0n) is 20.0. The van der Waals surface area contributed by atoms with Crippen molar-refractivity contribution in [1.29, 1.82) is 0 Å². The van der Waals surface area contributed by atoms with E-state index in [0.29, 0.717) is 10.3 Å². The molecule has 28 heavy (non-hydrogen) atoms. The van der Waals surface area contributed by atoms with Gasteiger partial charge in [-0.05, 0) is 85.9 Å². The van der Waals surface area contributed by atoms with Crippen LogP contribution in [-0.4, -0.2) is 20.9 Å². The molecular weight excluding hydrogens is 374 g/mol. The number of hydrogen-bond acceptors (Lipinski definition) is 0. The summed E-state index contributed by atoms with van der Waals surface area (Å²) < 4.78 is 0. The van der Waals surface area contributed by atoms with E-state index in [0.717, 1.165) is 0 Å². The smallest absolute Gasteiger partial charge is 0.0336 e. The minimum atomic E-state index is 0.420. The third-order valence-electron chi connectivity index (χ3n) is 7.45. The molecule has 0 radical (unpaired) electrons. The molecule has 158 valence electrons. The predicted octanol–water partition coefficient (Wildman–Crippen LogP) is 9.38. The molecule has 2 atom stereocenters. The maximum Gasteiger partial charge on any atom is 0.0336 e. The summed E-state index contributed by atoms with van der Waals surface area (Å²) in [5.41, 5.74) is 7.11. The van der Waals surface area contributed by atoms with E-state index in [1.807, 2.05) is 11.1 Å². The molecule has 0 aromatic rings. The van der Waals surface area contributed by atoms with Gasteiger partial charge >= 0.3 is 0 Å². The Labute approximate surface area is 179 Å². The standard InChI is InChI=1S/C26H44P2/c1-9-19-21(11-3)25(15-7,27-23(19)13-5)17-18-26(16-8)22(12-4)20(10-2)24(14-6)28-26/h9-18H2,1-8H3. The van der Waals surface area contributed by atoms with Gasteiger partial charge in [0, 0.05) is 10.3 Å². The molecule has 0 saturated heterocycles. The minimum absolute atomic E-state index is 0.420. The maximum atomic E-state index is 2.46. The van der Waals surface area contributed by atoms with Gasteiger partial charge in [-0.15, -0.1) is 0 Å². The fourth-order valence-corrected chi connectivity index (χ4v) is 9.79. The van der Waals surface area contributed by atoms with Crippen LogP contribution in [0.3, 0.4) is 0 Å². The van der Waals surface area contributed by atoms with Gasteiger partial charge in [-0.25, -0.2) is 0 Å². The Bertz CT molecular complexity index is 631. The van der Waals surface area contributed by atoms with Crippen LogP contribution in [0.4, 0.5) is 0 Å². The molecule has 0 saturated carbocycles. The summed E-state index contributed by atoms with van der Waals surface area (Å²) in [6.07, 6.45) is 12.8. The summed E-state index contributed by atoms with van der Waals surface area (Å²) in [7, 11) is 3.30. The van der Waals surface area contributed by atoms with Gasteiger partial charge in [0.05, 0.1) is 0 Å². The van der Waals surface area contributed by atoms with Crippen molar-refractivity contribution in [3.63, 3.8) is 0 Å². The quantitative estimate of drug-likeness (QED) is 0.293. The first-order chi connectivity index (χ1) is 13.5. The first-order valence-electron chi connectivity index (χ1n) is 12.1. The molecule has 0 N–H and O–H groups in total. The van der Waals surface area contributed by atoms with Crippen molar-refractivity contribution in [1.82, 2.24) is 0 Å². The molecule has 2 aliphatic heterocycles. The van der Waals surface area contributed by atoms with Gasteiger partial charge < -0.3 is 0 Å². The maximum absolute atomic E-state index is 2.46. The average molecular weight is 419 g/mol. The molecule has 0 nitrogen and oxygen atoms in total. The zero-order valence-corrected chi connectivity index (χ0v) is 21.8. The van der Waals surface area contributed by atoms with Gasteiger partial charge in [0.1, 0.15) is 0 Å². The Balaban J connectivity index is 2.44. The van der Waals surface area contributed by atoms with Crippen LogP contribution in [0, 0.1) is 0 Å². The number of hydrogen-bond donors (Lipinski definition) is 0. The second-order valence-corrected chi connectivity index (χ2v) is 11.7. The van der Waals surface area contributed by atoms with E-state index in [1.165, 1.54) is 64.2 Å². The molecule has 2 rings (SSSR count). The van der Waals surface area contributed by atoms with Crippen molar-refractivity contribution < 1.29 is 0 Å². The van der Waals surface area contributed by atoms with E-state index in [9.17, 15) is 0 Å². The van der Waals surface area contributed by atoms with Crippen molar-refractivity contribution in [2.24, 2.45) is 0 Å². The van der Waals surface area contributed by atoms with Crippen molar-refractivity contribution in [2.45, 2.75) is 130 Å². The molecule has 0 spiro atoms. The van der Waals surface area contributed by atoms with Crippen LogP contribution in [-0.2, 0) is 0 Å². The van der Waals surface area contributed by atoms with Crippen LogP contribution in [0.15, 0.2) is 22.3 Å². The highest BCUT2D eigenvalue weighted by Crippen LogP contribution is 2.56. The lowest BCUT2D eigenvalue weighted by atomic mass is 9.78. The monoisotopic (exact) mass is 418 g/mol. The lowest BCUT2D eigenvalue weighted by Gasteiger charge is -2.36. The van der Waals surface area contributed by atoms with Crippen LogP contribution in [0.5, 0.6) is 0 Å². The van der Waals surface area contributed by atoms with E-state index < -0.39 is 0 Å². The average Bonchev–Trinajstić information content (AvgIpc) is 3.23. The zero-order chi connectivity index (χ0) is 20.9. The van der Waals surface area contributed by atoms with Crippen LogP contribution in [0.2, 0.25) is 0 Å². The van der Waals surface area contributed by atoms with Crippen molar-refractivity contribution in [3.05, 3.63) is 22.3 Å². The molecule has 2 heteroatoms. The first kappa shape index (κ1) is 24.1. The Hall–Kier alpha value is -0.180. The Morgan fingerprint density at radius 1 is 0.500 bits per heavy atom.